The molecule has 0 saturated carbocycles. The molecule has 4 nitrogen and oxygen atoms in total. The zero-order chi connectivity index (χ0) is 16.2. The van der Waals surface area contributed by atoms with Crippen LogP contribution in [-0.2, 0) is 4.79 Å². The van der Waals surface area contributed by atoms with E-state index < -0.39 is 5.54 Å². The second kappa shape index (κ2) is 6.94. The summed E-state index contributed by atoms with van der Waals surface area (Å²) >= 11 is 0. The van der Waals surface area contributed by atoms with E-state index in [1.807, 2.05) is 20.8 Å². The third-order valence-corrected chi connectivity index (χ3v) is 3.86. The van der Waals surface area contributed by atoms with Crippen LogP contribution < -0.4 is 16.0 Å². The van der Waals surface area contributed by atoms with Gasteiger partial charge in [-0.05, 0) is 52.7 Å². The Hall–Kier alpha value is -1.55. The minimum Gasteiger partial charge on any atom is -0.374 e. The molecule has 0 spiro atoms. The standard InChI is InChI=1S/C17H29N3O/c1-12(2)19-17(5,16(18)21)9-10-20(6)15-8-7-13(3)11-14(15)4/h7-8,11-12,19H,9-10H2,1-6H3,(H2,18,21). The minimum absolute atomic E-state index is 0.217. The summed E-state index contributed by atoms with van der Waals surface area (Å²) in [5.74, 6) is -0.301. The van der Waals surface area contributed by atoms with Gasteiger partial charge < -0.3 is 16.0 Å². The van der Waals surface area contributed by atoms with Crippen molar-refractivity contribution in [1.29, 1.82) is 0 Å². The molecule has 0 fully saturated rings. The monoisotopic (exact) mass is 291 g/mol. The van der Waals surface area contributed by atoms with E-state index in [1.165, 1.54) is 16.8 Å². The zero-order valence-electron chi connectivity index (χ0n) is 14.2. The van der Waals surface area contributed by atoms with E-state index >= 15 is 0 Å². The lowest BCUT2D eigenvalue weighted by atomic mass is 9.95. The number of rotatable bonds is 7. The number of anilines is 1. The van der Waals surface area contributed by atoms with Gasteiger partial charge in [-0.1, -0.05) is 17.7 Å². The Morgan fingerprint density at radius 1 is 1.38 bits per heavy atom. The molecule has 21 heavy (non-hydrogen) atoms. The van der Waals surface area contributed by atoms with Crippen molar-refractivity contribution in [2.45, 2.75) is 52.6 Å². The SMILES string of the molecule is Cc1ccc(N(C)CCC(C)(NC(C)C)C(N)=O)c(C)c1. The maximum Gasteiger partial charge on any atom is 0.237 e. The third-order valence-electron chi connectivity index (χ3n) is 3.86. The number of benzene rings is 1. The number of primary amides is 1. The fourth-order valence-electron chi connectivity index (χ4n) is 2.65. The maximum atomic E-state index is 11.8. The lowest BCUT2D eigenvalue weighted by molar-refractivity contribution is -0.124. The molecular formula is C17H29N3O. The quantitative estimate of drug-likeness (QED) is 0.811. The first-order chi connectivity index (χ1) is 9.65. The van der Waals surface area contributed by atoms with Crippen LogP contribution in [0.15, 0.2) is 18.2 Å². The summed E-state index contributed by atoms with van der Waals surface area (Å²) < 4.78 is 0. The highest BCUT2D eigenvalue weighted by Gasteiger charge is 2.31. The molecule has 0 saturated heterocycles. The average Bonchev–Trinajstić information content (AvgIpc) is 2.35. The number of nitrogens with two attached hydrogens (primary N) is 1. The molecule has 0 aromatic heterocycles. The number of aryl methyl sites for hydroxylation is 2. The van der Waals surface area contributed by atoms with Crippen molar-refractivity contribution in [3.8, 4) is 0 Å². The van der Waals surface area contributed by atoms with E-state index in [-0.39, 0.29) is 11.9 Å². The number of carbonyl (C=O) groups is 1. The van der Waals surface area contributed by atoms with E-state index in [1.54, 1.807) is 0 Å². The number of carbonyl (C=O) groups excluding carboxylic acids is 1. The summed E-state index contributed by atoms with van der Waals surface area (Å²) in [4.78, 5) is 13.9. The number of nitrogens with one attached hydrogen (secondary N) is 1. The molecule has 0 radical (unpaired) electrons. The predicted molar refractivity (Wildman–Crippen MR) is 89.7 cm³/mol. The Kier molecular flexibility index (Phi) is 5.78. The van der Waals surface area contributed by atoms with Crippen LogP contribution in [-0.4, -0.2) is 31.1 Å². The largest absolute Gasteiger partial charge is 0.374 e. The number of amides is 1. The number of nitrogens with zero attached hydrogens (tertiary/aromatic N) is 1. The summed E-state index contributed by atoms with van der Waals surface area (Å²) in [6.45, 7) is 10.9. The van der Waals surface area contributed by atoms with Crippen LogP contribution in [0.5, 0.6) is 0 Å². The van der Waals surface area contributed by atoms with Gasteiger partial charge in [0.15, 0.2) is 0 Å². The van der Waals surface area contributed by atoms with E-state index in [9.17, 15) is 4.79 Å². The Labute approximate surface area is 128 Å². The first-order valence-corrected chi connectivity index (χ1v) is 7.51. The molecule has 1 aromatic rings. The minimum atomic E-state index is -0.680. The average molecular weight is 291 g/mol. The summed E-state index contributed by atoms with van der Waals surface area (Å²) in [7, 11) is 2.05. The molecule has 0 bridgehead atoms. The van der Waals surface area contributed by atoms with E-state index in [4.69, 9.17) is 5.73 Å². The van der Waals surface area contributed by atoms with Crippen molar-refractivity contribution in [2.24, 2.45) is 5.73 Å². The highest BCUT2D eigenvalue weighted by Crippen LogP contribution is 2.21. The van der Waals surface area contributed by atoms with Crippen molar-refractivity contribution in [3.05, 3.63) is 29.3 Å². The molecule has 118 valence electrons. The molecule has 0 heterocycles. The van der Waals surface area contributed by atoms with Crippen LogP contribution in [0.4, 0.5) is 5.69 Å². The van der Waals surface area contributed by atoms with Crippen LogP contribution in [0.1, 0.15) is 38.3 Å². The normalized spacial score (nSPS) is 14.0. The molecular weight excluding hydrogens is 262 g/mol. The molecule has 0 aliphatic rings. The van der Waals surface area contributed by atoms with Crippen LogP contribution in [0.25, 0.3) is 0 Å². The van der Waals surface area contributed by atoms with Crippen molar-refractivity contribution >= 4 is 11.6 Å². The Bertz CT molecular complexity index is 499. The molecule has 0 aliphatic heterocycles. The fourth-order valence-corrected chi connectivity index (χ4v) is 2.65. The molecule has 1 atom stereocenters. The highest BCUT2D eigenvalue weighted by molar-refractivity contribution is 5.84. The summed E-state index contributed by atoms with van der Waals surface area (Å²) in [5, 5.41) is 3.29. The fraction of sp³-hybridized carbons (Fsp3) is 0.588. The van der Waals surface area contributed by atoms with Gasteiger partial charge in [-0.3, -0.25) is 4.79 Å². The lowest BCUT2D eigenvalue weighted by Gasteiger charge is -2.32. The predicted octanol–water partition coefficient (Wildman–Crippen LogP) is 2.37. The zero-order valence-corrected chi connectivity index (χ0v) is 14.2. The van der Waals surface area contributed by atoms with Crippen molar-refractivity contribution < 1.29 is 4.79 Å². The first kappa shape index (κ1) is 17.5. The second-order valence-electron chi connectivity index (χ2n) is 6.46. The summed E-state index contributed by atoms with van der Waals surface area (Å²) in [6, 6.07) is 6.63. The molecule has 1 unspecified atom stereocenters. The van der Waals surface area contributed by atoms with Crippen LogP contribution >= 0.6 is 0 Å². The van der Waals surface area contributed by atoms with Gasteiger partial charge in [0.1, 0.15) is 0 Å². The van der Waals surface area contributed by atoms with Crippen LogP contribution in [0, 0.1) is 13.8 Å². The van der Waals surface area contributed by atoms with E-state index in [2.05, 4.69) is 49.3 Å². The summed E-state index contributed by atoms with van der Waals surface area (Å²) in [6.07, 6.45) is 0.671. The van der Waals surface area contributed by atoms with Gasteiger partial charge in [-0.25, -0.2) is 0 Å². The Balaban J connectivity index is 2.78. The third kappa shape index (κ3) is 4.74. The number of hydrogen-bond donors (Lipinski definition) is 2. The smallest absolute Gasteiger partial charge is 0.237 e. The van der Waals surface area contributed by atoms with Crippen molar-refractivity contribution in [2.75, 3.05) is 18.5 Å². The molecule has 1 amide bonds. The van der Waals surface area contributed by atoms with Gasteiger partial charge in [0.05, 0.1) is 5.54 Å². The molecule has 3 N–H and O–H groups in total. The molecule has 0 aliphatic carbocycles. The Morgan fingerprint density at radius 3 is 2.48 bits per heavy atom. The van der Waals surface area contributed by atoms with Crippen LogP contribution in [0.3, 0.4) is 0 Å². The molecule has 1 rings (SSSR count). The number of hydrogen-bond acceptors (Lipinski definition) is 3. The highest BCUT2D eigenvalue weighted by atomic mass is 16.1. The Morgan fingerprint density at radius 2 is 2.00 bits per heavy atom. The topological polar surface area (TPSA) is 58.4 Å². The van der Waals surface area contributed by atoms with Gasteiger partial charge in [-0.15, -0.1) is 0 Å². The van der Waals surface area contributed by atoms with Gasteiger partial charge in [0, 0.05) is 25.3 Å². The molecule has 1 aromatic carbocycles. The second-order valence-corrected chi connectivity index (χ2v) is 6.46. The first-order valence-electron chi connectivity index (χ1n) is 7.51. The van der Waals surface area contributed by atoms with Gasteiger partial charge in [0.2, 0.25) is 5.91 Å². The van der Waals surface area contributed by atoms with Crippen molar-refractivity contribution in [3.63, 3.8) is 0 Å². The maximum absolute atomic E-state index is 11.8. The van der Waals surface area contributed by atoms with Gasteiger partial charge in [-0.2, -0.15) is 0 Å². The lowest BCUT2D eigenvalue weighted by Crippen LogP contribution is -2.56. The summed E-state index contributed by atoms with van der Waals surface area (Å²) in [5.41, 5.74) is 8.59. The molecule has 4 heteroatoms. The van der Waals surface area contributed by atoms with Gasteiger partial charge >= 0.3 is 0 Å². The van der Waals surface area contributed by atoms with E-state index in [0.29, 0.717) is 6.42 Å². The van der Waals surface area contributed by atoms with Gasteiger partial charge in [0.25, 0.3) is 0 Å². The van der Waals surface area contributed by atoms with Crippen LogP contribution in [0.2, 0.25) is 0 Å². The van der Waals surface area contributed by atoms with E-state index in [0.717, 1.165) is 6.54 Å². The van der Waals surface area contributed by atoms with Crippen molar-refractivity contribution in [1.82, 2.24) is 5.32 Å².